The van der Waals surface area contributed by atoms with Crippen molar-refractivity contribution in [3.63, 3.8) is 0 Å². The van der Waals surface area contributed by atoms with Gasteiger partial charge in [-0.15, -0.1) is 0 Å². The number of hydrogen-bond donors (Lipinski definition) is 0. The van der Waals surface area contributed by atoms with Crippen LogP contribution in [0.3, 0.4) is 0 Å². The molecule has 0 amide bonds. The Morgan fingerprint density at radius 1 is 0.310 bits per heavy atom. The lowest BCUT2D eigenvalue weighted by molar-refractivity contribution is 1.18. The number of rotatable bonds is 7. The van der Waals surface area contributed by atoms with Crippen LogP contribution in [0.2, 0.25) is 0 Å². The molecule has 1 heterocycles. The molecular weight excluding hydrogens is 701 g/mol. The zero-order valence-electron chi connectivity index (χ0n) is 31.8. The summed E-state index contributed by atoms with van der Waals surface area (Å²) in [5.41, 5.74) is 14.1. The highest BCUT2D eigenvalue weighted by atomic mass is 15.1. The zero-order chi connectivity index (χ0) is 38.4. The van der Waals surface area contributed by atoms with Gasteiger partial charge in [-0.3, -0.25) is 0 Å². The highest BCUT2D eigenvalue weighted by Crippen LogP contribution is 2.45. The molecule has 1 aromatic heterocycles. The van der Waals surface area contributed by atoms with E-state index in [1.54, 1.807) is 0 Å². The Morgan fingerprint density at radius 2 is 0.845 bits per heavy atom. The van der Waals surface area contributed by atoms with E-state index in [1.165, 1.54) is 65.6 Å². The Bertz CT molecular complexity index is 3270. The second-order valence-electron chi connectivity index (χ2n) is 14.9. The molecule has 0 aliphatic heterocycles. The Labute approximate surface area is 338 Å². The predicted molar refractivity (Wildman–Crippen MR) is 247 cm³/mol. The van der Waals surface area contributed by atoms with Crippen LogP contribution in [0.25, 0.3) is 82.4 Å². The minimum absolute atomic E-state index is 1.10. The molecule has 0 saturated heterocycles. The highest BCUT2D eigenvalue weighted by molar-refractivity contribution is 6.16. The fraction of sp³-hybridized carbons (Fsp3) is 0. The van der Waals surface area contributed by atoms with Gasteiger partial charge in [0.15, 0.2) is 0 Å². The molecule has 0 bridgehead atoms. The second-order valence-corrected chi connectivity index (χ2v) is 14.9. The predicted octanol–water partition coefficient (Wildman–Crippen LogP) is 15.6. The molecule has 11 rings (SSSR count). The van der Waals surface area contributed by atoms with Crippen LogP contribution >= 0.6 is 0 Å². The van der Waals surface area contributed by atoms with Gasteiger partial charge >= 0.3 is 0 Å². The van der Waals surface area contributed by atoms with Gasteiger partial charge in [-0.1, -0.05) is 176 Å². The molecule has 0 saturated carbocycles. The summed E-state index contributed by atoms with van der Waals surface area (Å²) in [6.45, 7) is 0. The van der Waals surface area contributed by atoms with Gasteiger partial charge in [0.2, 0.25) is 0 Å². The van der Waals surface area contributed by atoms with Crippen molar-refractivity contribution in [3.05, 3.63) is 231 Å². The van der Waals surface area contributed by atoms with Gasteiger partial charge in [-0.2, -0.15) is 0 Å². The average molecular weight is 739 g/mol. The van der Waals surface area contributed by atoms with Gasteiger partial charge in [0.05, 0.1) is 22.4 Å². The van der Waals surface area contributed by atoms with Crippen LogP contribution in [-0.2, 0) is 0 Å². The molecule has 272 valence electrons. The molecule has 0 atom stereocenters. The van der Waals surface area contributed by atoms with Gasteiger partial charge in [-0.25, -0.2) is 0 Å². The van der Waals surface area contributed by atoms with Crippen molar-refractivity contribution in [2.45, 2.75) is 0 Å². The summed E-state index contributed by atoms with van der Waals surface area (Å²) in [6.07, 6.45) is 0. The highest BCUT2D eigenvalue weighted by Gasteiger charge is 2.21. The number of para-hydroxylation sites is 3. The van der Waals surface area contributed by atoms with Crippen LogP contribution in [0, 0.1) is 0 Å². The fourth-order valence-corrected chi connectivity index (χ4v) is 8.96. The standard InChI is InChI=1S/C56H38N2/c1-2-22-44(23-3-1)58-54-31-11-9-27-51(54)56-50(29-15-33-55(56)58)43-21-12-20-42(38-43)49-26-8-10-30-52(49)57(53-32-14-19-40-17-5-7-25-48(40)53)45-36-34-41(35-37-45)47-28-13-18-39-16-4-6-24-46(39)47/h1-38H. The molecular formula is C56H38N2. The summed E-state index contributed by atoms with van der Waals surface area (Å²) >= 11 is 0. The maximum atomic E-state index is 2.44. The maximum Gasteiger partial charge on any atom is 0.0547 e. The van der Waals surface area contributed by atoms with E-state index in [9.17, 15) is 0 Å². The number of fused-ring (bicyclic) bond motifs is 5. The van der Waals surface area contributed by atoms with Gasteiger partial charge in [0.25, 0.3) is 0 Å². The summed E-state index contributed by atoms with van der Waals surface area (Å²) in [5, 5.41) is 7.42. The minimum Gasteiger partial charge on any atom is -0.309 e. The van der Waals surface area contributed by atoms with Crippen LogP contribution in [0.5, 0.6) is 0 Å². The Morgan fingerprint density at radius 3 is 1.67 bits per heavy atom. The Balaban J connectivity index is 1.08. The third kappa shape index (κ3) is 5.66. The SMILES string of the molecule is c1ccc(-n2c3ccccc3c3c(-c4cccc(-c5ccccc5N(c5ccc(-c6cccc7ccccc67)cc5)c5cccc6ccccc56)c4)cccc32)cc1. The van der Waals surface area contributed by atoms with E-state index in [2.05, 4.69) is 240 Å². The average Bonchev–Trinajstić information content (AvgIpc) is 3.64. The lowest BCUT2D eigenvalue weighted by Gasteiger charge is -2.29. The van der Waals surface area contributed by atoms with Crippen LogP contribution in [-0.4, -0.2) is 4.57 Å². The van der Waals surface area contributed by atoms with E-state index >= 15 is 0 Å². The van der Waals surface area contributed by atoms with Crippen molar-refractivity contribution >= 4 is 60.4 Å². The second kappa shape index (κ2) is 14.1. The zero-order valence-corrected chi connectivity index (χ0v) is 31.8. The van der Waals surface area contributed by atoms with Crippen LogP contribution in [0.15, 0.2) is 231 Å². The molecule has 11 aromatic rings. The molecule has 58 heavy (non-hydrogen) atoms. The maximum absolute atomic E-state index is 2.44. The number of nitrogens with zero attached hydrogens (tertiary/aromatic N) is 2. The number of benzene rings is 10. The third-order valence-electron chi connectivity index (χ3n) is 11.6. The Hall–Kier alpha value is -7.68. The lowest BCUT2D eigenvalue weighted by atomic mass is 9.94. The van der Waals surface area contributed by atoms with Gasteiger partial charge in [0.1, 0.15) is 0 Å². The molecule has 0 aliphatic rings. The molecule has 0 N–H and O–H groups in total. The van der Waals surface area contributed by atoms with E-state index in [-0.39, 0.29) is 0 Å². The first-order valence-corrected chi connectivity index (χ1v) is 19.9. The van der Waals surface area contributed by atoms with Gasteiger partial charge < -0.3 is 9.47 Å². The third-order valence-corrected chi connectivity index (χ3v) is 11.6. The normalized spacial score (nSPS) is 11.4. The van der Waals surface area contributed by atoms with Crippen molar-refractivity contribution in [2.24, 2.45) is 0 Å². The van der Waals surface area contributed by atoms with Gasteiger partial charge in [0, 0.05) is 33.1 Å². The van der Waals surface area contributed by atoms with E-state index < -0.39 is 0 Å². The van der Waals surface area contributed by atoms with Crippen LogP contribution in [0.4, 0.5) is 17.1 Å². The molecule has 2 nitrogen and oxygen atoms in total. The first-order valence-electron chi connectivity index (χ1n) is 19.9. The molecule has 0 radical (unpaired) electrons. The topological polar surface area (TPSA) is 8.17 Å². The van der Waals surface area contributed by atoms with Crippen LogP contribution < -0.4 is 4.90 Å². The summed E-state index contributed by atoms with van der Waals surface area (Å²) in [5.74, 6) is 0. The quantitative estimate of drug-likeness (QED) is 0.158. The van der Waals surface area contributed by atoms with E-state index in [1.807, 2.05) is 0 Å². The van der Waals surface area contributed by atoms with Crippen molar-refractivity contribution in [1.82, 2.24) is 4.57 Å². The molecule has 0 unspecified atom stereocenters. The first kappa shape index (κ1) is 33.6. The molecule has 2 heteroatoms. The van der Waals surface area contributed by atoms with E-state index in [0.717, 1.165) is 33.9 Å². The van der Waals surface area contributed by atoms with Gasteiger partial charge in [-0.05, 0) is 98.6 Å². The van der Waals surface area contributed by atoms with Crippen molar-refractivity contribution in [1.29, 1.82) is 0 Å². The van der Waals surface area contributed by atoms with E-state index in [0.29, 0.717) is 0 Å². The number of hydrogen-bond acceptors (Lipinski definition) is 1. The van der Waals surface area contributed by atoms with Crippen molar-refractivity contribution < 1.29 is 0 Å². The summed E-state index contributed by atoms with van der Waals surface area (Å²) in [6, 6.07) is 83.7. The lowest BCUT2D eigenvalue weighted by Crippen LogP contribution is -2.11. The number of aromatic nitrogens is 1. The molecule has 0 spiro atoms. The monoisotopic (exact) mass is 738 g/mol. The summed E-state index contributed by atoms with van der Waals surface area (Å²) < 4.78 is 2.39. The Kier molecular flexibility index (Phi) is 8.19. The van der Waals surface area contributed by atoms with E-state index in [4.69, 9.17) is 0 Å². The molecule has 10 aromatic carbocycles. The smallest absolute Gasteiger partial charge is 0.0547 e. The van der Waals surface area contributed by atoms with Crippen molar-refractivity contribution in [2.75, 3.05) is 4.90 Å². The molecule has 0 fully saturated rings. The fourth-order valence-electron chi connectivity index (χ4n) is 8.96. The number of anilines is 3. The summed E-state index contributed by atoms with van der Waals surface area (Å²) in [7, 11) is 0. The first-order chi connectivity index (χ1) is 28.8. The molecule has 0 aliphatic carbocycles. The largest absolute Gasteiger partial charge is 0.309 e. The summed E-state index contributed by atoms with van der Waals surface area (Å²) in [4.78, 5) is 2.44. The van der Waals surface area contributed by atoms with Crippen LogP contribution in [0.1, 0.15) is 0 Å². The minimum atomic E-state index is 1.10. The van der Waals surface area contributed by atoms with Crippen molar-refractivity contribution in [3.8, 4) is 39.1 Å².